The highest BCUT2D eigenvalue weighted by Crippen LogP contribution is 2.28. The highest BCUT2D eigenvalue weighted by atomic mass is 16.2. The number of amides is 1. The van der Waals surface area contributed by atoms with Crippen molar-refractivity contribution in [1.29, 1.82) is 0 Å². The number of carbonyl (C=O) groups excluding carboxylic acids is 1. The summed E-state index contributed by atoms with van der Waals surface area (Å²) in [5.74, 6) is -0.00858. The van der Waals surface area contributed by atoms with Gasteiger partial charge < -0.3 is 16.0 Å². The van der Waals surface area contributed by atoms with Gasteiger partial charge in [-0.25, -0.2) is 0 Å². The van der Waals surface area contributed by atoms with E-state index in [-0.39, 0.29) is 11.8 Å². The standard InChI is InChI=1S/C20H25N3O/c1-14(2)19(21)20(24)22-17-9-7-15(8-10-17)13-23-12-11-16-5-3-4-6-18(16)23/h3-10,14,19H,11-13,21H2,1-2H3,(H,22,24)/t19-/m0/s1. The van der Waals surface area contributed by atoms with Crippen LogP contribution < -0.4 is 16.0 Å². The molecule has 0 bridgehead atoms. The van der Waals surface area contributed by atoms with Crippen LogP contribution in [0.3, 0.4) is 0 Å². The molecule has 1 atom stereocenters. The van der Waals surface area contributed by atoms with Gasteiger partial charge in [-0.05, 0) is 41.7 Å². The molecule has 2 aromatic rings. The van der Waals surface area contributed by atoms with Crippen LogP contribution in [0.4, 0.5) is 11.4 Å². The predicted molar refractivity (Wildman–Crippen MR) is 99.1 cm³/mol. The lowest BCUT2D eigenvalue weighted by atomic mass is 10.0. The molecule has 0 unspecified atom stereocenters. The van der Waals surface area contributed by atoms with Gasteiger partial charge in [0.2, 0.25) is 5.91 Å². The van der Waals surface area contributed by atoms with Gasteiger partial charge in [0.25, 0.3) is 0 Å². The lowest BCUT2D eigenvalue weighted by Gasteiger charge is -2.20. The lowest BCUT2D eigenvalue weighted by Crippen LogP contribution is -2.39. The third kappa shape index (κ3) is 3.60. The summed E-state index contributed by atoms with van der Waals surface area (Å²) in [6.07, 6.45) is 1.11. The van der Waals surface area contributed by atoms with Crippen molar-refractivity contribution in [2.24, 2.45) is 11.7 Å². The van der Waals surface area contributed by atoms with Gasteiger partial charge in [0.1, 0.15) is 0 Å². The van der Waals surface area contributed by atoms with Crippen LogP contribution >= 0.6 is 0 Å². The fourth-order valence-electron chi connectivity index (χ4n) is 3.01. The fraction of sp³-hybridized carbons (Fsp3) is 0.350. The molecule has 0 saturated carbocycles. The molecule has 1 heterocycles. The third-order valence-corrected chi connectivity index (χ3v) is 4.60. The summed E-state index contributed by atoms with van der Waals surface area (Å²) < 4.78 is 0. The van der Waals surface area contributed by atoms with Crippen LogP contribution in [0.1, 0.15) is 25.0 Å². The molecule has 4 heteroatoms. The summed E-state index contributed by atoms with van der Waals surface area (Å²) >= 11 is 0. The number of hydrogen-bond donors (Lipinski definition) is 2. The van der Waals surface area contributed by atoms with Crippen molar-refractivity contribution in [2.45, 2.75) is 32.9 Å². The van der Waals surface area contributed by atoms with E-state index in [1.165, 1.54) is 16.8 Å². The molecule has 24 heavy (non-hydrogen) atoms. The Labute approximate surface area is 143 Å². The second-order valence-electron chi connectivity index (χ2n) is 6.76. The Morgan fingerprint density at radius 2 is 1.88 bits per heavy atom. The number of fused-ring (bicyclic) bond motifs is 1. The Morgan fingerprint density at radius 3 is 2.58 bits per heavy atom. The fourth-order valence-corrected chi connectivity index (χ4v) is 3.01. The number of benzene rings is 2. The van der Waals surface area contributed by atoms with E-state index in [1.807, 2.05) is 26.0 Å². The largest absolute Gasteiger partial charge is 0.367 e. The lowest BCUT2D eigenvalue weighted by molar-refractivity contribution is -0.118. The Kier molecular flexibility index (Phi) is 4.86. The minimum Gasteiger partial charge on any atom is -0.367 e. The number of hydrogen-bond acceptors (Lipinski definition) is 3. The highest BCUT2D eigenvalue weighted by Gasteiger charge is 2.19. The summed E-state index contributed by atoms with van der Waals surface area (Å²) in [5, 5.41) is 2.88. The topological polar surface area (TPSA) is 58.4 Å². The Hall–Kier alpha value is -2.33. The van der Waals surface area contributed by atoms with Crippen LogP contribution in [0.15, 0.2) is 48.5 Å². The zero-order valence-corrected chi connectivity index (χ0v) is 14.3. The normalized spacial score (nSPS) is 14.6. The van der Waals surface area contributed by atoms with Crippen molar-refractivity contribution in [2.75, 3.05) is 16.8 Å². The van der Waals surface area contributed by atoms with Crippen LogP contribution in [-0.4, -0.2) is 18.5 Å². The Morgan fingerprint density at radius 1 is 1.17 bits per heavy atom. The molecule has 0 saturated heterocycles. The van der Waals surface area contributed by atoms with Crippen LogP contribution in [0, 0.1) is 5.92 Å². The number of rotatable bonds is 5. The van der Waals surface area contributed by atoms with Gasteiger partial charge in [0.05, 0.1) is 6.04 Å². The molecule has 3 N–H and O–H groups in total. The molecule has 1 aliphatic rings. The SMILES string of the molecule is CC(C)[C@H](N)C(=O)Nc1ccc(CN2CCc3ccccc32)cc1. The van der Waals surface area contributed by atoms with Crippen LogP contribution in [-0.2, 0) is 17.8 Å². The molecule has 0 radical (unpaired) electrons. The third-order valence-electron chi connectivity index (χ3n) is 4.60. The minimum absolute atomic E-state index is 0.125. The van der Waals surface area contributed by atoms with Crippen molar-refractivity contribution in [1.82, 2.24) is 0 Å². The van der Waals surface area contributed by atoms with Gasteiger partial charge in [-0.3, -0.25) is 4.79 Å². The number of para-hydroxylation sites is 1. The van der Waals surface area contributed by atoms with Gasteiger partial charge in [-0.2, -0.15) is 0 Å². The van der Waals surface area contributed by atoms with Crippen molar-refractivity contribution < 1.29 is 4.79 Å². The van der Waals surface area contributed by atoms with E-state index in [4.69, 9.17) is 5.73 Å². The number of nitrogens with one attached hydrogen (secondary N) is 1. The first kappa shape index (κ1) is 16.5. The molecular weight excluding hydrogens is 298 g/mol. The van der Waals surface area contributed by atoms with E-state index < -0.39 is 6.04 Å². The summed E-state index contributed by atoms with van der Waals surface area (Å²) in [5.41, 5.74) is 10.7. The monoisotopic (exact) mass is 323 g/mol. The Bertz CT molecular complexity index is 709. The average molecular weight is 323 g/mol. The van der Waals surface area contributed by atoms with E-state index in [0.717, 1.165) is 25.2 Å². The first-order valence-electron chi connectivity index (χ1n) is 8.53. The van der Waals surface area contributed by atoms with Gasteiger partial charge >= 0.3 is 0 Å². The summed E-state index contributed by atoms with van der Waals surface area (Å²) in [7, 11) is 0. The average Bonchev–Trinajstić information content (AvgIpc) is 2.99. The van der Waals surface area contributed by atoms with E-state index in [2.05, 4.69) is 46.6 Å². The number of anilines is 2. The van der Waals surface area contributed by atoms with Gasteiger partial charge in [0, 0.05) is 24.5 Å². The van der Waals surface area contributed by atoms with Gasteiger partial charge in [0.15, 0.2) is 0 Å². The molecule has 3 rings (SSSR count). The molecule has 4 nitrogen and oxygen atoms in total. The van der Waals surface area contributed by atoms with Crippen LogP contribution in [0.2, 0.25) is 0 Å². The molecular formula is C20H25N3O. The molecule has 0 spiro atoms. The van der Waals surface area contributed by atoms with E-state index >= 15 is 0 Å². The quantitative estimate of drug-likeness (QED) is 0.888. The maximum atomic E-state index is 12.0. The van der Waals surface area contributed by atoms with E-state index in [9.17, 15) is 4.79 Å². The molecule has 1 amide bonds. The molecule has 0 aliphatic carbocycles. The molecule has 126 valence electrons. The predicted octanol–water partition coefficient (Wildman–Crippen LogP) is 3.17. The molecule has 1 aliphatic heterocycles. The molecule has 0 aromatic heterocycles. The van der Waals surface area contributed by atoms with Crippen LogP contribution in [0.25, 0.3) is 0 Å². The minimum atomic E-state index is -0.481. The van der Waals surface area contributed by atoms with Crippen molar-refractivity contribution >= 4 is 17.3 Å². The Balaban J connectivity index is 1.62. The maximum absolute atomic E-state index is 12.0. The first-order chi connectivity index (χ1) is 11.5. The first-order valence-corrected chi connectivity index (χ1v) is 8.53. The zero-order valence-electron chi connectivity index (χ0n) is 14.3. The smallest absolute Gasteiger partial charge is 0.241 e. The molecule has 0 fully saturated rings. The van der Waals surface area contributed by atoms with Gasteiger partial charge in [-0.1, -0.05) is 44.2 Å². The van der Waals surface area contributed by atoms with Crippen LogP contribution in [0.5, 0.6) is 0 Å². The van der Waals surface area contributed by atoms with Crippen molar-refractivity contribution in [3.05, 3.63) is 59.7 Å². The highest BCUT2D eigenvalue weighted by molar-refractivity contribution is 5.94. The summed E-state index contributed by atoms with van der Waals surface area (Å²) in [6.45, 7) is 5.83. The van der Waals surface area contributed by atoms with E-state index in [1.54, 1.807) is 0 Å². The van der Waals surface area contributed by atoms with E-state index in [0.29, 0.717) is 0 Å². The van der Waals surface area contributed by atoms with Crippen molar-refractivity contribution in [3.63, 3.8) is 0 Å². The maximum Gasteiger partial charge on any atom is 0.241 e. The number of nitrogens with zero attached hydrogens (tertiary/aromatic N) is 1. The summed E-state index contributed by atoms with van der Waals surface area (Å²) in [4.78, 5) is 14.4. The second kappa shape index (κ2) is 7.05. The number of carbonyl (C=O) groups is 1. The van der Waals surface area contributed by atoms with Crippen molar-refractivity contribution in [3.8, 4) is 0 Å². The number of nitrogens with two attached hydrogens (primary N) is 1. The zero-order chi connectivity index (χ0) is 17.1. The molecule has 2 aromatic carbocycles. The van der Waals surface area contributed by atoms with Gasteiger partial charge in [-0.15, -0.1) is 0 Å². The summed E-state index contributed by atoms with van der Waals surface area (Å²) in [6, 6.07) is 16.1. The second-order valence-corrected chi connectivity index (χ2v) is 6.76.